The zero-order valence-corrected chi connectivity index (χ0v) is 21.7. The molecular weight excluding hydrogens is 504 g/mol. The standard InChI is InChI=1S/C28H26N4O5S/c1-15-24(16(2)31-30-15)20-9-7-19(8-10-20)18-5-3-17(4-6-18)12-32-22-14-38-13-21(22)26(35)25(28(32)37)27(36)29-11-23(33)34/h3-10,35H,11-14H2,1-2H3,(H,29,36)(H,30,31)(H,33,34). The molecule has 4 aromatic rings. The van der Waals surface area contributed by atoms with Gasteiger partial charge in [-0.05, 0) is 36.1 Å². The number of nitrogens with one attached hydrogen (secondary N) is 2. The number of benzene rings is 2. The van der Waals surface area contributed by atoms with Crippen molar-refractivity contribution < 1.29 is 19.8 Å². The predicted octanol–water partition coefficient (Wildman–Crippen LogP) is 3.84. The number of pyridine rings is 1. The highest BCUT2D eigenvalue weighted by Gasteiger charge is 2.28. The van der Waals surface area contributed by atoms with Crippen molar-refractivity contribution in [2.75, 3.05) is 6.54 Å². The summed E-state index contributed by atoms with van der Waals surface area (Å²) in [5.41, 5.74) is 7.26. The van der Waals surface area contributed by atoms with E-state index in [0.717, 1.165) is 39.2 Å². The van der Waals surface area contributed by atoms with Crippen LogP contribution in [0.15, 0.2) is 53.3 Å². The maximum absolute atomic E-state index is 13.3. The van der Waals surface area contributed by atoms with Crippen LogP contribution in [-0.2, 0) is 22.8 Å². The summed E-state index contributed by atoms with van der Waals surface area (Å²) < 4.78 is 1.50. The van der Waals surface area contributed by atoms with Gasteiger partial charge in [0.1, 0.15) is 17.9 Å². The Morgan fingerprint density at radius 2 is 1.66 bits per heavy atom. The minimum absolute atomic E-state index is 0.222. The van der Waals surface area contributed by atoms with E-state index in [1.807, 2.05) is 38.1 Å². The van der Waals surface area contributed by atoms with E-state index >= 15 is 0 Å². The Hall–Kier alpha value is -4.31. The molecule has 0 saturated heterocycles. The lowest BCUT2D eigenvalue weighted by atomic mass is 9.98. The van der Waals surface area contributed by atoms with Gasteiger partial charge in [-0.15, -0.1) is 0 Å². The lowest BCUT2D eigenvalue weighted by Crippen LogP contribution is -2.37. The van der Waals surface area contributed by atoms with Crippen LogP contribution in [0.1, 0.15) is 38.6 Å². The molecule has 0 spiro atoms. The van der Waals surface area contributed by atoms with Crippen molar-refractivity contribution in [2.45, 2.75) is 31.9 Å². The SMILES string of the molecule is Cc1n[nH]c(C)c1-c1ccc(-c2ccc(Cn3c4c(c(O)c(C(=O)NCC(=O)O)c3=O)CSC4)cc2)cc1. The summed E-state index contributed by atoms with van der Waals surface area (Å²) in [4.78, 5) is 36.7. The van der Waals surface area contributed by atoms with Gasteiger partial charge < -0.3 is 20.1 Å². The van der Waals surface area contributed by atoms with E-state index in [9.17, 15) is 19.5 Å². The third-order valence-electron chi connectivity index (χ3n) is 6.70. The number of rotatable bonds is 7. The number of amides is 1. The lowest BCUT2D eigenvalue weighted by Gasteiger charge is -2.16. The highest BCUT2D eigenvalue weighted by atomic mass is 32.2. The smallest absolute Gasteiger partial charge is 0.322 e. The monoisotopic (exact) mass is 530 g/mol. The second-order valence-electron chi connectivity index (χ2n) is 9.19. The summed E-state index contributed by atoms with van der Waals surface area (Å²) in [6, 6.07) is 16.1. The number of aryl methyl sites for hydroxylation is 2. The van der Waals surface area contributed by atoms with Crippen molar-refractivity contribution in [1.82, 2.24) is 20.1 Å². The first-order valence-electron chi connectivity index (χ1n) is 12.0. The Morgan fingerprint density at radius 3 is 2.26 bits per heavy atom. The van der Waals surface area contributed by atoms with Crippen LogP contribution in [0.4, 0.5) is 0 Å². The van der Waals surface area contributed by atoms with Crippen LogP contribution >= 0.6 is 11.8 Å². The fourth-order valence-corrected chi connectivity index (χ4v) is 5.92. The van der Waals surface area contributed by atoms with Crippen molar-refractivity contribution in [1.29, 1.82) is 0 Å². The number of carboxylic acid groups (broad SMARTS) is 1. The zero-order valence-electron chi connectivity index (χ0n) is 20.9. The summed E-state index contributed by atoms with van der Waals surface area (Å²) >= 11 is 1.54. The number of thioether (sulfide) groups is 1. The quantitative estimate of drug-likeness (QED) is 0.285. The zero-order chi connectivity index (χ0) is 27.0. The van der Waals surface area contributed by atoms with Crippen LogP contribution < -0.4 is 10.9 Å². The molecule has 5 rings (SSSR count). The Morgan fingerprint density at radius 1 is 1.03 bits per heavy atom. The van der Waals surface area contributed by atoms with Gasteiger partial charge in [0.25, 0.3) is 11.5 Å². The van der Waals surface area contributed by atoms with E-state index in [0.29, 0.717) is 22.8 Å². The third-order valence-corrected chi connectivity index (χ3v) is 7.67. The van der Waals surface area contributed by atoms with Crippen LogP contribution in [0.5, 0.6) is 5.75 Å². The number of carbonyl (C=O) groups excluding carboxylic acids is 1. The average Bonchev–Trinajstić information content (AvgIpc) is 3.52. The molecule has 38 heavy (non-hydrogen) atoms. The Balaban J connectivity index is 1.41. The molecule has 9 nitrogen and oxygen atoms in total. The lowest BCUT2D eigenvalue weighted by molar-refractivity contribution is -0.135. The number of aliphatic carboxylic acids is 1. The van der Waals surface area contributed by atoms with Crippen molar-refractivity contribution in [2.24, 2.45) is 0 Å². The molecule has 2 aromatic carbocycles. The molecule has 0 aliphatic carbocycles. The van der Waals surface area contributed by atoms with E-state index in [2.05, 4.69) is 39.8 Å². The van der Waals surface area contributed by atoms with Crippen LogP contribution in [-0.4, -0.2) is 43.4 Å². The van der Waals surface area contributed by atoms with Gasteiger partial charge in [0.2, 0.25) is 0 Å². The van der Waals surface area contributed by atoms with Gasteiger partial charge in [-0.25, -0.2) is 0 Å². The summed E-state index contributed by atoms with van der Waals surface area (Å²) in [7, 11) is 0. The van der Waals surface area contributed by atoms with Crippen LogP contribution in [0.25, 0.3) is 22.3 Å². The number of aromatic hydroxyl groups is 1. The fraction of sp³-hybridized carbons (Fsp3) is 0.214. The van der Waals surface area contributed by atoms with Gasteiger partial charge >= 0.3 is 5.97 Å². The van der Waals surface area contributed by atoms with E-state index in [-0.39, 0.29) is 12.3 Å². The van der Waals surface area contributed by atoms with Crippen LogP contribution in [0.2, 0.25) is 0 Å². The molecule has 1 aliphatic heterocycles. The molecule has 3 heterocycles. The van der Waals surface area contributed by atoms with E-state index in [4.69, 9.17) is 5.11 Å². The molecule has 0 fully saturated rings. The predicted molar refractivity (Wildman–Crippen MR) is 145 cm³/mol. The highest BCUT2D eigenvalue weighted by Crippen LogP contribution is 2.36. The molecule has 4 N–H and O–H groups in total. The molecule has 10 heteroatoms. The molecule has 0 bridgehead atoms. The molecular formula is C28H26N4O5S. The number of carboxylic acids is 1. The summed E-state index contributed by atoms with van der Waals surface area (Å²) in [6.07, 6.45) is 0. The minimum Gasteiger partial charge on any atom is -0.507 e. The highest BCUT2D eigenvalue weighted by molar-refractivity contribution is 7.98. The van der Waals surface area contributed by atoms with Gasteiger partial charge in [-0.1, -0.05) is 48.5 Å². The molecule has 1 amide bonds. The Bertz CT molecular complexity index is 1580. The fourth-order valence-electron chi connectivity index (χ4n) is 4.78. The largest absolute Gasteiger partial charge is 0.507 e. The molecule has 0 unspecified atom stereocenters. The van der Waals surface area contributed by atoms with Gasteiger partial charge in [-0.3, -0.25) is 19.5 Å². The van der Waals surface area contributed by atoms with E-state index < -0.39 is 29.5 Å². The first kappa shape index (κ1) is 25.3. The molecule has 0 radical (unpaired) electrons. The van der Waals surface area contributed by atoms with Gasteiger partial charge in [0, 0.05) is 34.0 Å². The molecule has 0 atom stereocenters. The van der Waals surface area contributed by atoms with E-state index in [1.165, 1.54) is 16.3 Å². The normalized spacial score (nSPS) is 12.4. The molecule has 1 aliphatic rings. The second-order valence-corrected chi connectivity index (χ2v) is 10.2. The Labute approximate surface area is 222 Å². The van der Waals surface area contributed by atoms with Gasteiger partial charge in [0.05, 0.1) is 12.2 Å². The second kappa shape index (κ2) is 10.2. The van der Waals surface area contributed by atoms with Crippen molar-refractivity contribution in [3.8, 4) is 28.0 Å². The molecule has 2 aromatic heterocycles. The Kier molecular flexibility index (Phi) is 6.81. The van der Waals surface area contributed by atoms with Crippen molar-refractivity contribution in [3.63, 3.8) is 0 Å². The van der Waals surface area contributed by atoms with E-state index in [1.54, 1.807) is 0 Å². The van der Waals surface area contributed by atoms with Crippen LogP contribution in [0, 0.1) is 13.8 Å². The third kappa shape index (κ3) is 4.70. The number of hydrogen-bond donors (Lipinski definition) is 4. The minimum atomic E-state index is -1.24. The maximum Gasteiger partial charge on any atom is 0.322 e. The summed E-state index contributed by atoms with van der Waals surface area (Å²) in [6.45, 7) is 3.55. The first-order chi connectivity index (χ1) is 18.2. The number of nitrogens with zero attached hydrogens (tertiary/aromatic N) is 2. The van der Waals surface area contributed by atoms with Gasteiger partial charge in [0.15, 0.2) is 0 Å². The number of aromatic nitrogens is 3. The number of fused-ring (bicyclic) bond motifs is 1. The van der Waals surface area contributed by atoms with Crippen LogP contribution in [0.3, 0.4) is 0 Å². The number of H-pyrrole nitrogens is 1. The summed E-state index contributed by atoms with van der Waals surface area (Å²) in [5.74, 6) is -1.50. The topological polar surface area (TPSA) is 137 Å². The first-order valence-corrected chi connectivity index (χ1v) is 13.2. The summed E-state index contributed by atoms with van der Waals surface area (Å²) in [5, 5.41) is 29.0. The van der Waals surface area contributed by atoms with Crippen molar-refractivity contribution in [3.05, 3.63) is 92.7 Å². The maximum atomic E-state index is 13.3. The number of hydrogen-bond acceptors (Lipinski definition) is 6. The molecule has 194 valence electrons. The van der Waals surface area contributed by atoms with Gasteiger partial charge in [-0.2, -0.15) is 16.9 Å². The van der Waals surface area contributed by atoms with Crippen molar-refractivity contribution >= 4 is 23.6 Å². The average molecular weight is 531 g/mol. The number of aromatic amines is 1. The number of carbonyl (C=O) groups is 2. The molecule has 0 saturated carbocycles.